The molecule has 122 valence electrons. The molecule has 1 N–H and O–H groups in total. The predicted molar refractivity (Wildman–Crippen MR) is 84.0 cm³/mol. The van der Waals surface area contributed by atoms with Gasteiger partial charge in [-0.15, -0.1) is 0 Å². The Labute approximate surface area is 131 Å². The summed E-state index contributed by atoms with van der Waals surface area (Å²) in [5, 5.41) is 10.3. The number of ether oxygens (including phenoxy) is 1. The third-order valence-corrected chi connectivity index (χ3v) is 4.25. The van der Waals surface area contributed by atoms with Gasteiger partial charge < -0.3 is 14.7 Å². The van der Waals surface area contributed by atoms with Crippen molar-refractivity contribution in [1.29, 1.82) is 0 Å². The van der Waals surface area contributed by atoms with E-state index in [1.807, 2.05) is 6.07 Å². The van der Waals surface area contributed by atoms with E-state index in [0.717, 1.165) is 71.5 Å². The summed E-state index contributed by atoms with van der Waals surface area (Å²) in [6, 6.07) is 1.84. The SMILES string of the molecule is OC(CN1CCOCC1)CN1CCN(c2ncccn2)CC1. The third-order valence-electron chi connectivity index (χ3n) is 4.25. The monoisotopic (exact) mass is 307 g/mol. The lowest BCUT2D eigenvalue weighted by Gasteiger charge is -2.36. The first kappa shape index (κ1) is 15.6. The largest absolute Gasteiger partial charge is 0.390 e. The Hall–Kier alpha value is -1.28. The lowest BCUT2D eigenvalue weighted by Crippen LogP contribution is -2.51. The van der Waals surface area contributed by atoms with Crippen molar-refractivity contribution in [3.63, 3.8) is 0 Å². The number of piperazine rings is 1. The van der Waals surface area contributed by atoms with Crippen LogP contribution in [0.3, 0.4) is 0 Å². The fraction of sp³-hybridized carbons (Fsp3) is 0.733. The normalized spacial score (nSPS) is 22.7. The number of morpholine rings is 1. The van der Waals surface area contributed by atoms with E-state index in [0.29, 0.717) is 0 Å². The number of rotatable bonds is 5. The first-order valence-electron chi connectivity index (χ1n) is 8.04. The average Bonchev–Trinajstić information content (AvgIpc) is 2.57. The minimum Gasteiger partial charge on any atom is -0.390 e. The van der Waals surface area contributed by atoms with Gasteiger partial charge in [0.05, 0.1) is 19.3 Å². The smallest absolute Gasteiger partial charge is 0.225 e. The summed E-state index contributed by atoms with van der Waals surface area (Å²) in [5.41, 5.74) is 0. The molecule has 1 aromatic heterocycles. The van der Waals surface area contributed by atoms with Crippen molar-refractivity contribution in [3.8, 4) is 0 Å². The number of hydrogen-bond acceptors (Lipinski definition) is 7. The minimum atomic E-state index is -0.294. The lowest BCUT2D eigenvalue weighted by molar-refractivity contribution is 0.00654. The van der Waals surface area contributed by atoms with Crippen molar-refractivity contribution in [1.82, 2.24) is 19.8 Å². The van der Waals surface area contributed by atoms with Crippen LogP contribution in [0.25, 0.3) is 0 Å². The van der Waals surface area contributed by atoms with Crippen LogP contribution < -0.4 is 4.90 Å². The molecule has 1 atom stereocenters. The predicted octanol–water partition coefficient (Wildman–Crippen LogP) is -0.708. The molecule has 0 aliphatic carbocycles. The Morgan fingerprint density at radius 3 is 2.18 bits per heavy atom. The van der Waals surface area contributed by atoms with Crippen molar-refractivity contribution in [2.45, 2.75) is 6.10 Å². The number of aliphatic hydroxyl groups is 1. The van der Waals surface area contributed by atoms with Gasteiger partial charge >= 0.3 is 0 Å². The topological polar surface area (TPSA) is 65.0 Å². The Bertz CT molecular complexity index is 433. The highest BCUT2D eigenvalue weighted by Crippen LogP contribution is 2.10. The highest BCUT2D eigenvalue weighted by Gasteiger charge is 2.22. The molecule has 1 aromatic rings. The number of aliphatic hydroxyl groups excluding tert-OH is 1. The molecule has 0 bridgehead atoms. The van der Waals surface area contributed by atoms with Crippen molar-refractivity contribution in [2.24, 2.45) is 0 Å². The van der Waals surface area contributed by atoms with E-state index in [9.17, 15) is 5.11 Å². The van der Waals surface area contributed by atoms with E-state index in [1.165, 1.54) is 0 Å². The Morgan fingerprint density at radius 1 is 0.955 bits per heavy atom. The molecule has 0 aromatic carbocycles. The van der Waals surface area contributed by atoms with Gasteiger partial charge in [0.25, 0.3) is 0 Å². The lowest BCUT2D eigenvalue weighted by atomic mass is 10.2. The molecule has 0 saturated carbocycles. The fourth-order valence-corrected chi connectivity index (χ4v) is 3.02. The highest BCUT2D eigenvalue weighted by atomic mass is 16.5. The van der Waals surface area contributed by atoms with Crippen LogP contribution in [0.1, 0.15) is 0 Å². The Kier molecular flexibility index (Phi) is 5.55. The van der Waals surface area contributed by atoms with Crippen molar-refractivity contribution >= 4 is 5.95 Å². The second-order valence-electron chi connectivity index (χ2n) is 5.90. The van der Waals surface area contributed by atoms with E-state index in [-0.39, 0.29) is 6.10 Å². The standard InChI is InChI=1S/C15H25N5O2/c21-14(13-19-8-10-22-11-9-19)12-18-4-6-20(7-5-18)15-16-2-1-3-17-15/h1-3,14,21H,4-13H2. The van der Waals surface area contributed by atoms with Gasteiger partial charge in [0.15, 0.2) is 0 Å². The first-order valence-corrected chi connectivity index (χ1v) is 8.04. The number of hydrogen-bond donors (Lipinski definition) is 1. The zero-order chi connectivity index (χ0) is 15.2. The quantitative estimate of drug-likeness (QED) is 0.771. The van der Waals surface area contributed by atoms with Crippen molar-refractivity contribution < 1.29 is 9.84 Å². The van der Waals surface area contributed by atoms with Crippen LogP contribution in [-0.2, 0) is 4.74 Å². The molecular weight excluding hydrogens is 282 g/mol. The summed E-state index contributed by atoms with van der Waals surface area (Å²) in [6.45, 7) is 8.60. The summed E-state index contributed by atoms with van der Waals surface area (Å²) in [4.78, 5) is 15.4. The number of aromatic nitrogens is 2. The van der Waals surface area contributed by atoms with Gasteiger partial charge in [0, 0.05) is 64.8 Å². The van der Waals surface area contributed by atoms with Gasteiger partial charge in [-0.2, -0.15) is 0 Å². The molecule has 2 aliphatic rings. The van der Waals surface area contributed by atoms with Crippen molar-refractivity contribution in [2.75, 3.05) is 70.5 Å². The third kappa shape index (κ3) is 4.36. The highest BCUT2D eigenvalue weighted by molar-refractivity contribution is 5.29. The van der Waals surface area contributed by atoms with Crippen molar-refractivity contribution in [3.05, 3.63) is 18.5 Å². The molecule has 0 amide bonds. The van der Waals surface area contributed by atoms with Gasteiger partial charge in [-0.25, -0.2) is 9.97 Å². The van der Waals surface area contributed by atoms with Gasteiger partial charge in [-0.3, -0.25) is 9.80 Å². The van der Waals surface area contributed by atoms with Gasteiger partial charge in [0.1, 0.15) is 0 Å². The zero-order valence-electron chi connectivity index (χ0n) is 13.0. The van der Waals surface area contributed by atoms with E-state index >= 15 is 0 Å². The Balaban J connectivity index is 1.39. The molecule has 7 heteroatoms. The molecule has 3 heterocycles. The van der Waals surface area contributed by atoms with Crippen LogP contribution in [0.15, 0.2) is 18.5 Å². The molecule has 0 spiro atoms. The van der Waals surface area contributed by atoms with Crippen LogP contribution >= 0.6 is 0 Å². The average molecular weight is 307 g/mol. The van der Waals surface area contributed by atoms with E-state index in [2.05, 4.69) is 24.7 Å². The second kappa shape index (κ2) is 7.82. The van der Waals surface area contributed by atoms with E-state index in [4.69, 9.17) is 4.74 Å². The Morgan fingerprint density at radius 2 is 1.55 bits per heavy atom. The summed E-state index contributed by atoms with van der Waals surface area (Å²) in [6.07, 6.45) is 3.26. The summed E-state index contributed by atoms with van der Waals surface area (Å²) in [5.74, 6) is 0.802. The maximum Gasteiger partial charge on any atom is 0.225 e. The molecule has 2 aliphatic heterocycles. The summed E-state index contributed by atoms with van der Waals surface area (Å²) >= 11 is 0. The number of anilines is 1. The number of β-amino-alcohol motifs (C(OH)–C–C–N with tert-alkyl or cyclic N) is 1. The zero-order valence-corrected chi connectivity index (χ0v) is 13.0. The minimum absolute atomic E-state index is 0.294. The maximum atomic E-state index is 10.3. The maximum absolute atomic E-state index is 10.3. The van der Waals surface area contributed by atoms with Gasteiger partial charge in [-0.1, -0.05) is 0 Å². The summed E-state index contributed by atoms with van der Waals surface area (Å²) < 4.78 is 5.33. The van der Waals surface area contributed by atoms with Crippen LogP contribution in [-0.4, -0.2) is 96.6 Å². The molecule has 0 radical (unpaired) electrons. The van der Waals surface area contributed by atoms with Gasteiger partial charge in [0.2, 0.25) is 5.95 Å². The molecule has 2 fully saturated rings. The van der Waals surface area contributed by atoms with E-state index < -0.39 is 0 Å². The van der Waals surface area contributed by atoms with Crippen LogP contribution in [0.2, 0.25) is 0 Å². The van der Waals surface area contributed by atoms with Gasteiger partial charge in [-0.05, 0) is 6.07 Å². The molecule has 1 unspecified atom stereocenters. The van der Waals surface area contributed by atoms with Crippen LogP contribution in [0.5, 0.6) is 0 Å². The second-order valence-corrected chi connectivity index (χ2v) is 5.90. The number of nitrogens with zero attached hydrogens (tertiary/aromatic N) is 5. The van der Waals surface area contributed by atoms with Crippen LogP contribution in [0, 0.1) is 0 Å². The summed E-state index contributed by atoms with van der Waals surface area (Å²) in [7, 11) is 0. The van der Waals surface area contributed by atoms with Crippen LogP contribution in [0.4, 0.5) is 5.95 Å². The molecule has 7 nitrogen and oxygen atoms in total. The molecule has 2 saturated heterocycles. The fourth-order valence-electron chi connectivity index (χ4n) is 3.02. The molecule has 22 heavy (non-hydrogen) atoms. The molecular formula is C15H25N5O2. The first-order chi connectivity index (χ1) is 10.8. The van der Waals surface area contributed by atoms with E-state index in [1.54, 1.807) is 12.4 Å². The molecule has 3 rings (SSSR count).